The monoisotopic (exact) mass is 276 g/mol. The maximum Gasteiger partial charge on any atom is 0.0323 e. The maximum absolute atomic E-state index is 6.55. The minimum Gasteiger partial charge on any atom is -0.126 e. The zero-order valence-electron chi connectivity index (χ0n) is 11.8. The molecule has 1 saturated carbocycles. The molecule has 0 saturated heterocycles. The molecule has 0 aliphatic heterocycles. The van der Waals surface area contributed by atoms with Crippen LogP contribution < -0.4 is 0 Å². The SMILES string of the molecule is ClCC1(C2CCCCCC2)CCCc2ccccc21. The van der Waals surface area contributed by atoms with Gasteiger partial charge in [-0.2, -0.15) is 0 Å². The van der Waals surface area contributed by atoms with Crippen LogP contribution in [-0.4, -0.2) is 5.88 Å². The highest BCUT2D eigenvalue weighted by atomic mass is 35.5. The van der Waals surface area contributed by atoms with Gasteiger partial charge < -0.3 is 0 Å². The van der Waals surface area contributed by atoms with E-state index in [1.165, 1.54) is 57.8 Å². The molecule has 2 aliphatic rings. The van der Waals surface area contributed by atoms with Crippen molar-refractivity contribution in [3.63, 3.8) is 0 Å². The van der Waals surface area contributed by atoms with Crippen molar-refractivity contribution < 1.29 is 0 Å². The van der Waals surface area contributed by atoms with Crippen LogP contribution in [0.4, 0.5) is 0 Å². The van der Waals surface area contributed by atoms with Crippen LogP contribution in [-0.2, 0) is 11.8 Å². The van der Waals surface area contributed by atoms with Crippen LogP contribution in [0.1, 0.15) is 62.5 Å². The number of rotatable bonds is 2. The van der Waals surface area contributed by atoms with Gasteiger partial charge in [-0.3, -0.25) is 0 Å². The first-order valence-electron chi connectivity index (χ1n) is 8.01. The summed E-state index contributed by atoms with van der Waals surface area (Å²) in [5, 5.41) is 0. The second kappa shape index (κ2) is 5.87. The molecule has 1 aromatic carbocycles. The fourth-order valence-electron chi connectivity index (χ4n) is 4.46. The summed E-state index contributed by atoms with van der Waals surface area (Å²) in [5.74, 6) is 1.63. The molecule has 104 valence electrons. The third-order valence-electron chi connectivity index (χ3n) is 5.50. The van der Waals surface area contributed by atoms with Crippen LogP contribution in [0.5, 0.6) is 0 Å². The highest BCUT2D eigenvalue weighted by Gasteiger charge is 2.42. The number of fused-ring (bicyclic) bond motifs is 1. The van der Waals surface area contributed by atoms with E-state index in [0.29, 0.717) is 0 Å². The van der Waals surface area contributed by atoms with Crippen molar-refractivity contribution in [2.45, 2.75) is 63.2 Å². The van der Waals surface area contributed by atoms with E-state index in [-0.39, 0.29) is 5.41 Å². The summed E-state index contributed by atoms with van der Waals surface area (Å²) >= 11 is 6.55. The fraction of sp³-hybridized carbons (Fsp3) is 0.667. The van der Waals surface area contributed by atoms with Gasteiger partial charge in [0, 0.05) is 11.3 Å². The standard InChI is InChI=1S/C18H25Cl/c19-14-18(16-10-3-1-2-4-11-16)13-7-9-15-8-5-6-12-17(15)18/h5-6,8,12,16H,1-4,7,9-11,13-14H2. The lowest BCUT2D eigenvalue weighted by Crippen LogP contribution is -2.40. The average molecular weight is 277 g/mol. The normalized spacial score (nSPS) is 28.7. The van der Waals surface area contributed by atoms with E-state index in [0.717, 1.165) is 11.8 Å². The smallest absolute Gasteiger partial charge is 0.0323 e. The van der Waals surface area contributed by atoms with E-state index < -0.39 is 0 Å². The Morgan fingerprint density at radius 1 is 1.00 bits per heavy atom. The molecule has 0 nitrogen and oxygen atoms in total. The first-order chi connectivity index (χ1) is 9.37. The van der Waals surface area contributed by atoms with Gasteiger partial charge in [-0.25, -0.2) is 0 Å². The first kappa shape index (κ1) is 13.5. The topological polar surface area (TPSA) is 0 Å². The van der Waals surface area contributed by atoms with Gasteiger partial charge in [0.15, 0.2) is 0 Å². The molecular formula is C18H25Cl. The Morgan fingerprint density at radius 2 is 1.74 bits per heavy atom. The molecule has 1 heteroatoms. The largest absolute Gasteiger partial charge is 0.126 e. The zero-order chi connectivity index (χ0) is 13.1. The van der Waals surface area contributed by atoms with Crippen LogP contribution in [0.2, 0.25) is 0 Å². The third kappa shape index (κ3) is 2.44. The predicted octanol–water partition coefficient (Wildman–Crippen LogP) is 5.47. The van der Waals surface area contributed by atoms with Crippen molar-refractivity contribution in [3.05, 3.63) is 35.4 Å². The van der Waals surface area contributed by atoms with E-state index in [4.69, 9.17) is 11.6 Å². The number of halogens is 1. The van der Waals surface area contributed by atoms with Crippen LogP contribution in [0.15, 0.2) is 24.3 Å². The fourth-order valence-corrected chi connectivity index (χ4v) is 4.95. The van der Waals surface area contributed by atoms with E-state index in [9.17, 15) is 0 Å². The van der Waals surface area contributed by atoms with Crippen molar-refractivity contribution in [1.29, 1.82) is 0 Å². The summed E-state index contributed by atoms with van der Waals surface area (Å²) in [6.45, 7) is 0. The summed E-state index contributed by atoms with van der Waals surface area (Å²) in [5.41, 5.74) is 3.43. The molecule has 0 aromatic heterocycles. The van der Waals surface area contributed by atoms with Crippen LogP contribution in [0.25, 0.3) is 0 Å². The molecule has 0 bridgehead atoms. The van der Waals surface area contributed by atoms with Crippen LogP contribution in [0, 0.1) is 5.92 Å². The summed E-state index contributed by atoms with van der Waals surface area (Å²) in [6.07, 6.45) is 12.3. The van der Waals surface area contributed by atoms with E-state index in [2.05, 4.69) is 24.3 Å². The average Bonchev–Trinajstić information content (AvgIpc) is 2.76. The molecular weight excluding hydrogens is 252 g/mol. The van der Waals surface area contributed by atoms with E-state index in [1.54, 1.807) is 11.1 Å². The van der Waals surface area contributed by atoms with E-state index >= 15 is 0 Å². The number of benzene rings is 1. The minimum atomic E-state index is 0.279. The third-order valence-corrected chi connectivity index (χ3v) is 5.97. The first-order valence-corrected chi connectivity index (χ1v) is 8.54. The van der Waals surface area contributed by atoms with Gasteiger partial charge in [0.25, 0.3) is 0 Å². The van der Waals surface area contributed by atoms with Gasteiger partial charge >= 0.3 is 0 Å². The Labute approximate surface area is 122 Å². The van der Waals surface area contributed by atoms with Gasteiger partial charge in [-0.05, 0) is 49.1 Å². The molecule has 0 heterocycles. The summed E-state index contributed by atoms with van der Waals surface area (Å²) < 4.78 is 0. The summed E-state index contributed by atoms with van der Waals surface area (Å²) in [6, 6.07) is 9.09. The summed E-state index contributed by atoms with van der Waals surface area (Å²) in [4.78, 5) is 0. The van der Waals surface area contributed by atoms with Crippen molar-refractivity contribution in [1.82, 2.24) is 0 Å². The van der Waals surface area contributed by atoms with Crippen molar-refractivity contribution >= 4 is 11.6 Å². The Bertz CT molecular complexity index is 417. The van der Waals surface area contributed by atoms with Crippen LogP contribution >= 0.6 is 11.6 Å². The summed E-state index contributed by atoms with van der Waals surface area (Å²) in [7, 11) is 0. The second-order valence-electron chi connectivity index (χ2n) is 6.49. The van der Waals surface area contributed by atoms with Gasteiger partial charge in [-0.15, -0.1) is 11.6 Å². The molecule has 1 fully saturated rings. The van der Waals surface area contributed by atoms with Crippen molar-refractivity contribution in [3.8, 4) is 0 Å². The highest BCUT2D eigenvalue weighted by molar-refractivity contribution is 6.18. The van der Waals surface area contributed by atoms with Crippen LogP contribution in [0.3, 0.4) is 0 Å². The zero-order valence-corrected chi connectivity index (χ0v) is 12.6. The number of aryl methyl sites for hydroxylation is 1. The molecule has 0 amide bonds. The van der Waals surface area contributed by atoms with E-state index in [1.807, 2.05) is 0 Å². The lowest BCUT2D eigenvalue weighted by atomic mass is 9.62. The Balaban J connectivity index is 1.98. The predicted molar refractivity (Wildman–Crippen MR) is 83.0 cm³/mol. The quantitative estimate of drug-likeness (QED) is 0.496. The molecule has 0 radical (unpaired) electrons. The molecule has 3 rings (SSSR count). The minimum absolute atomic E-state index is 0.279. The lowest BCUT2D eigenvalue weighted by Gasteiger charge is -2.44. The molecule has 19 heavy (non-hydrogen) atoms. The molecule has 0 N–H and O–H groups in total. The molecule has 0 spiro atoms. The second-order valence-corrected chi connectivity index (χ2v) is 6.76. The molecule has 1 atom stereocenters. The maximum atomic E-state index is 6.55. The Kier molecular flexibility index (Phi) is 4.17. The number of alkyl halides is 1. The van der Waals surface area contributed by atoms with Gasteiger partial charge in [0.1, 0.15) is 0 Å². The molecule has 2 aliphatic carbocycles. The van der Waals surface area contributed by atoms with Crippen molar-refractivity contribution in [2.24, 2.45) is 5.92 Å². The Hall–Kier alpha value is -0.490. The molecule has 1 aromatic rings. The highest BCUT2D eigenvalue weighted by Crippen LogP contribution is 2.48. The van der Waals surface area contributed by atoms with Crippen molar-refractivity contribution in [2.75, 3.05) is 5.88 Å². The Morgan fingerprint density at radius 3 is 2.47 bits per heavy atom. The number of hydrogen-bond donors (Lipinski definition) is 0. The van der Waals surface area contributed by atoms with Gasteiger partial charge in [0.2, 0.25) is 0 Å². The van der Waals surface area contributed by atoms with Gasteiger partial charge in [-0.1, -0.05) is 49.9 Å². The number of hydrogen-bond acceptors (Lipinski definition) is 0. The van der Waals surface area contributed by atoms with Gasteiger partial charge in [0.05, 0.1) is 0 Å². The molecule has 1 unspecified atom stereocenters. The lowest BCUT2D eigenvalue weighted by molar-refractivity contribution is 0.232.